The fourth-order valence-electron chi connectivity index (χ4n) is 2.56. The van der Waals surface area contributed by atoms with Gasteiger partial charge in [0.2, 0.25) is 0 Å². The Morgan fingerprint density at radius 3 is 2.58 bits per heavy atom. The molecule has 1 aliphatic heterocycles. The summed E-state index contributed by atoms with van der Waals surface area (Å²) in [6.07, 6.45) is 3.08. The minimum atomic E-state index is -2.87. The van der Waals surface area contributed by atoms with Crippen LogP contribution in [-0.2, 0) is 4.79 Å². The van der Waals surface area contributed by atoms with E-state index >= 15 is 0 Å². The highest BCUT2D eigenvalue weighted by atomic mass is 19.3. The summed E-state index contributed by atoms with van der Waals surface area (Å²) in [5.74, 6) is -0.188. The molecule has 0 aromatic heterocycles. The molecule has 0 N–H and O–H groups in total. The van der Waals surface area contributed by atoms with Crippen LogP contribution in [0.3, 0.4) is 0 Å². The number of anilines is 1. The van der Waals surface area contributed by atoms with Crippen molar-refractivity contribution < 1.29 is 18.3 Å². The molecule has 7 heteroatoms. The minimum absolute atomic E-state index is 0.0587. The van der Waals surface area contributed by atoms with Gasteiger partial charge in [-0.25, -0.2) is 0 Å². The Morgan fingerprint density at radius 1 is 1.15 bits per heavy atom. The number of rotatable bonds is 6. The second kappa shape index (κ2) is 7.69. The largest absolute Gasteiger partial charge is 0.435 e. The van der Waals surface area contributed by atoms with E-state index in [-0.39, 0.29) is 17.4 Å². The van der Waals surface area contributed by atoms with Crippen molar-refractivity contribution >= 4 is 23.5 Å². The topological polar surface area (TPSA) is 54.3 Å². The van der Waals surface area contributed by atoms with Crippen molar-refractivity contribution in [2.75, 3.05) is 11.4 Å². The molecule has 0 bridgehead atoms. The van der Waals surface area contributed by atoms with Crippen LogP contribution in [0.25, 0.3) is 0 Å². The van der Waals surface area contributed by atoms with Crippen LogP contribution in [-0.4, -0.2) is 31.0 Å². The van der Waals surface area contributed by atoms with Gasteiger partial charge < -0.3 is 9.64 Å². The predicted molar refractivity (Wildman–Crippen MR) is 96.2 cm³/mol. The molecule has 0 spiro atoms. The third-order valence-electron chi connectivity index (χ3n) is 3.68. The first kappa shape index (κ1) is 17.5. The van der Waals surface area contributed by atoms with Crippen LogP contribution in [0.15, 0.2) is 71.4 Å². The number of carbonyl (C=O) groups excluding carboxylic acids is 1. The lowest BCUT2D eigenvalue weighted by molar-refractivity contribution is -0.112. The first-order valence-electron chi connectivity index (χ1n) is 7.78. The lowest BCUT2D eigenvalue weighted by Gasteiger charge is -2.13. The lowest BCUT2D eigenvalue weighted by atomic mass is 10.1. The predicted octanol–water partition coefficient (Wildman–Crippen LogP) is 3.64. The van der Waals surface area contributed by atoms with Crippen LogP contribution < -0.4 is 9.64 Å². The molecule has 2 aromatic rings. The van der Waals surface area contributed by atoms with Gasteiger partial charge in [0.15, 0.2) is 5.71 Å². The number of alkyl halides is 2. The molecule has 0 saturated carbocycles. The van der Waals surface area contributed by atoms with E-state index < -0.39 is 6.61 Å². The van der Waals surface area contributed by atoms with E-state index in [1.807, 2.05) is 18.2 Å². The second-order valence-corrected chi connectivity index (χ2v) is 5.36. The van der Waals surface area contributed by atoms with Crippen molar-refractivity contribution in [3.8, 4) is 5.75 Å². The highest BCUT2D eigenvalue weighted by molar-refractivity contribution is 6.54. The maximum atomic E-state index is 12.5. The zero-order chi connectivity index (χ0) is 18.5. The van der Waals surface area contributed by atoms with Gasteiger partial charge in [0.05, 0.1) is 11.9 Å². The minimum Gasteiger partial charge on any atom is -0.435 e. The molecule has 3 rings (SSSR count). The summed E-state index contributed by atoms with van der Waals surface area (Å²) >= 11 is 0. The zero-order valence-electron chi connectivity index (χ0n) is 13.7. The van der Waals surface area contributed by atoms with E-state index in [4.69, 9.17) is 0 Å². The number of benzene rings is 2. The van der Waals surface area contributed by atoms with Gasteiger partial charge in [-0.15, -0.1) is 11.7 Å². The van der Waals surface area contributed by atoms with Crippen molar-refractivity contribution in [1.29, 1.82) is 0 Å². The molecule has 0 atom stereocenters. The molecule has 0 fully saturated rings. The number of hydrogen-bond donors (Lipinski definition) is 0. The first-order valence-corrected chi connectivity index (χ1v) is 7.78. The van der Waals surface area contributed by atoms with Crippen LogP contribution in [0.2, 0.25) is 0 Å². The van der Waals surface area contributed by atoms with Crippen LogP contribution in [0.5, 0.6) is 5.75 Å². The third kappa shape index (κ3) is 3.66. The Hall–Kier alpha value is -3.35. The summed E-state index contributed by atoms with van der Waals surface area (Å²) in [5, 5.41) is 8.01. The highest BCUT2D eigenvalue weighted by Crippen LogP contribution is 2.29. The Morgan fingerprint density at radius 2 is 1.88 bits per heavy atom. The molecule has 0 aliphatic carbocycles. The van der Waals surface area contributed by atoms with Crippen molar-refractivity contribution in [3.05, 3.63) is 72.3 Å². The third-order valence-corrected chi connectivity index (χ3v) is 3.68. The monoisotopic (exact) mass is 355 g/mol. The van der Waals surface area contributed by atoms with E-state index in [9.17, 15) is 13.6 Å². The number of fused-ring (bicyclic) bond motifs is 1. The quantitative estimate of drug-likeness (QED) is 0.451. The fraction of sp³-hybridized carbons (Fsp3) is 0.105. The normalized spacial score (nSPS) is 15.1. The molecular formula is C19H15F2N3O2. The van der Waals surface area contributed by atoms with Gasteiger partial charge in [-0.05, 0) is 35.9 Å². The summed E-state index contributed by atoms with van der Waals surface area (Å²) in [6, 6.07) is 13.3. The summed E-state index contributed by atoms with van der Waals surface area (Å²) in [4.78, 5) is 14.1. The Balaban J connectivity index is 1.80. The molecule has 5 nitrogen and oxygen atoms in total. The van der Waals surface area contributed by atoms with Crippen molar-refractivity contribution in [2.24, 2.45) is 10.2 Å². The molecule has 1 amide bonds. The summed E-state index contributed by atoms with van der Waals surface area (Å²) in [6.45, 7) is 1.17. The first-order chi connectivity index (χ1) is 12.6. The van der Waals surface area contributed by atoms with Crippen molar-refractivity contribution in [2.45, 2.75) is 6.61 Å². The fourth-order valence-corrected chi connectivity index (χ4v) is 2.56. The van der Waals surface area contributed by atoms with E-state index in [1.54, 1.807) is 29.2 Å². The number of para-hydroxylation sites is 1. The van der Waals surface area contributed by atoms with E-state index in [0.717, 1.165) is 5.69 Å². The van der Waals surface area contributed by atoms with Crippen molar-refractivity contribution in [1.82, 2.24) is 0 Å². The molecular weight excluding hydrogens is 340 g/mol. The molecule has 132 valence electrons. The molecule has 0 radical (unpaired) electrons. The Bertz CT molecular complexity index is 877. The van der Waals surface area contributed by atoms with Crippen LogP contribution in [0, 0.1) is 0 Å². The molecule has 26 heavy (non-hydrogen) atoms. The van der Waals surface area contributed by atoms with E-state index in [1.165, 1.54) is 18.3 Å². The number of halogens is 2. The number of nitrogens with zero attached hydrogens (tertiary/aromatic N) is 3. The summed E-state index contributed by atoms with van der Waals surface area (Å²) in [5.41, 5.74) is 2.35. The average molecular weight is 355 g/mol. The SMILES string of the molecule is C=CCN1C(=O)/C(=N/N=C/c2ccc(OC(F)F)cc2)c2ccccc21. The molecule has 1 aliphatic rings. The molecule has 2 aromatic carbocycles. The maximum absolute atomic E-state index is 12.5. The van der Waals surface area contributed by atoms with E-state index in [0.29, 0.717) is 17.7 Å². The summed E-state index contributed by atoms with van der Waals surface area (Å²) < 4.78 is 28.5. The van der Waals surface area contributed by atoms with Crippen LogP contribution >= 0.6 is 0 Å². The molecule has 0 unspecified atom stereocenters. The van der Waals surface area contributed by atoms with Gasteiger partial charge in [-0.3, -0.25) is 4.79 Å². The molecule has 1 heterocycles. The zero-order valence-corrected chi connectivity index (χ0v) is 13.7. The van der Waals surface area contributed by atoms with Crippen molar-refractivity contribution in [3.63, 3.8) is 0 Å². The Labute approximate surface area is 148 Å². The lowest BCUT2D eigenvalue weighted by Crippen LogP contribution is -2.30. The molecule has 0 saturated heterocycles. The summed E-state index contributed by atoms with van der Waals surface area (Å²) in [7, 11) is 0. The van der Waals surface area contributed by atoms with Gasteiger partial charge >= 0.3 is 6.61 Å². The average Bonchev–Trinajstić information content (AvgIpc) is 2.89. The Kier molecular flexibility index (Phi) is 5.17. The number of ether oxygens (including phenoxy) is 1. The van der Waals surface area contributed by atoms with Gasteiger partial charge in [-0.2, -0.15) is 13.9 Å². The number of carbonyl (C=O) groups is 1. The van der Waals surface area contributed by atoms with Gasteiger partial charge in [-0.1, -0.05) is 24.3 Å². The van der Waals surface area contributed by atoms with E-state index in [2.05, 4.69) is 21.5 Å². The highest BCUT2D eigenvalue weighted by Gasteiger charge is 2.32. The second-order valence-electron chi connectivity index (χ2n) is 5.36. The van der Waals surface area contributed by atoms with Crippen LogP contribution in [0.1, 0.15) is 11.1 Å². The smallest absolute Gasteiger partial charge is 0.387 e. The number of hydrogen-bond acceptors (Lipinski definition) is 4. The number of amides is 1. The van der Waals surface area contributed by atoms with Gasteiger partial charge in [0.25, 0.3) is 5.91 Å². The van der Waals surface area contributed by atoms with Gasteiger partial charge in [0.1, 0.15) is 5.75 Å². The van der Waals surface area contributed by atoms with Gasteiger partial charge in [0, 0.05) is 12.1 Å². The maximum Gasteiger partial charge on any atom is 0.387 e. The standard InChI is InChI=1S/C19H15F2N3O2/c1-2-11-24-16-6-4-3-5-15(16)17(18(24)25)23-22-12-13-7-9-14(10-8-13)26-19(20)21/h2-10,12,19H,1,11H2/b22-12+,23-17+. The van der Waals surface area contributed by atoms with Crippen LogP contribution in [0.4, 0.5) is 14.5 Å².